The van der Waals surface area contributed by atoms with Gasteiger partial charge >= 0.3 is 0 Å². The molecule has 1 aromatic carbocycles. The number of halogens is 1. The van der Waals surface area contributed by atoms with Crippen LogP contribution in [-0.2, 0) is 16.1 Å². The van der Waals surface area contributed by atoms with E-state index in [0.717, 1.165) is 38.7 Å². The Hall–Kier alpha value is -0.860. The van der Waals surface area contributed by atoms with Crippen molar-refractivity contribution in [2.24, 2.45) is 10.9 Å². The van der Waals surface area contributed by atoms with Crippen molar-refractivity contribution in [3.8, 4) is 0 Å². The van der Waals surface area contributed by atoms with Gasteiger partial charge in [0.2, 0.25) is 0 Å². The van der Waals surface area contributed by atoms with Crippen LogP contribution in [0.5, 0.6) is 0 Å². The van der Waals surface area contributed by atoms with E-state index in [0.29, 0.717) is 18.6 Å². The SMILES string of the molecule is CN=C(NCCCOC(C)C)NCC(C)COCc1ccccc1.I. The highest BCUT2D eigenvalue weighted by molar-refractivity contribution is 14.0. The summed E-state index contributed by atoms with van der Waals surface area (Å²) in [4.78, 5) is 4.23. The molecule has 0 radical (unpaired) electrons. The first kappa shape index (κ1) is 24.1. The average molecular weight is 463 g/mol. The lowest BCUT2D eigenvalue weighted by Crippen LogP contribution is -2.40. The van der Waals surface area contributed by atoms with Crippen molar-refractivity contribution < 1.29 is 9.47 Å². The van der Waals surface area contributed by atoms with Crippen molar-refractivity contribution >= 4 is 29.9 Å². The second kappa shape index (κ2) is 15.4. The molecule has 0 aliphatic carbocycles. The highest BCUT2D eigenvalue weighted by atomic mass is 127. The predicted molar refractivity (Wildman–Crippen MR) is 116 cm³/mol. The first-order valence-corrected chi connectivity index (χ1v) is 8.79. The first-order valence-electron chi connectivity index (χ1n) is 8.79. The van der Waals surface area contributed by atoms with Gasteiger partial charge < -0.3 is 20.1 Å². The van der Waals surface area contributed by atoms with E-state index in [1.165, 1.54) is 5.56 Å². The minimum atomic E-state index is 0. The molecule has 1 aromatic rings. The molecule has 1 atom stereocenters. The highest BCUT2D eigenvalue weighted by Gasteiger charge is 2.04. The van der Waals surface area contributed by atoms with Crippen molar-refractivity contribution in [2.75, 3.05) is 33.4 Å². The molecule has 0 heterocycles. The maximum atomic E-state index is 5.77. The minimum absolute atomic E-state index is 0. The normalized spacial score (nSPS) is 12.6. The number of guanidine groups is 1. The zero-order chi connectivity index (χ0) is 17.6. The maximum Gasteiger partial charge on any atom is 0.190 e. The molecule has 0 aliphatic rings. The summed E-state index contributed by atoms with van der Waals surface area (Å²) < 4.78 is 11.3. The van der Waals surface area contributed by atoms with E-state index in [1.54, 1.807) is 7.05 Å². The Bertz CT molecular complexity index is 455. The lowest BCUT2D eigenvalue weighted by Gasteiger charge is -2.16. The molecule has 0 saturated carbocycles. The molecule has 1 unspecified atom stereocenters. The van der Waals surface area contributed by atoms with Crippen molar-refractivity contribution in [3.05, 3.63) is 35.9 Å². The van der Waals surface area contributed by atoms with Crippen LogP contribution < -0.4 is 10.6 Å². The molecule has 2 N–H and O–H groups in total. The predicted octanol–water partition coefficient (Wildman–Crippen LogP) is 3.44. The van der Waals surface area contributed by atoms with Crippen LogP contribution in [0.2, 0.25) is 0 Å². The van der Waals surface area contributed by atoms with E-state index in [-0.39, 0.29) is 24.0 Å². The number of hydrogen-bond acceptors (Lipinski definition) is 3. The van der Waals surface area contributed by atoms with E-state index >= 15 is 0 Å². The summed E-state index contributed by atoms with van der Waals surface area (Å²) in [6.45, 7) is 10.1. The van der Waals surface area contributed by atoms with Crippen LogP contribution in [0.3, 0.4) is 0 Å². The number of benzene rings is 1. The van der Waals surface area contributed by atoms with Gasteiger partial charge in [-0.2, -0.15) is 0 Å². The summed E-state index contributed by atoms with van der Waals surface area (Å²) in [7, 11) is 1.79. The molecule has 0 fully saturated rings. The smallest absolute Gasteiger partial charge is 0.190 e. The third kappa shape index (κ3) is 13.1. The lowest BCUT2D eigenvalue weighted by molar-refractivity contribution is 0.0776. The molecular weight excluding hydrogens is 429 g/mol. The molecule has 25 heavy (non-hydrogen) atoms. The maximum absolute atomic E-state index is 5.77. The Kier molecular flexibility index (Phi) is 14.9. The molecule has 1 rings (SSSR count). The monoisotopic (exact) mass is 463 g/mol. The van der Waals surface area contributed by atoms with Crippen molar-refractivity contribution in [3.63, 3.8) is 0 Å². The zero-order valence-electron chi connectivity index (χ0n) is 16.0. The van der Waals surface area contributed by atoms with Crippen LogP contribution in [0, 0.1) is 5.92 Å². The van der Waals surface area contributed by atoms with Crippen LogP contribution in [0.1, 0.15) is 32.8 Å². The molecular formula is C19H34IN3O2. The molecule has 0 aromatic heterocycles. The molecule has 6 heteroatoms. The van der Waals surface area contributed by atoms with Crippen LogP contribution in [0.4, 0.5) is 0 Å². The number of aliphatic imine (C=N–C) groups is 1. The summed E-state index contributed by atoms with van der Waals surface area (Å²) in [5.74, 6) is 1.24. The minimum Gasteiger partial charge on any atom is -0.379 e. The van der Waals surface area contributed by atoms with Gasteiger partial charge in [-0.25, -0.2) is 0 Å². The van der Waals surface area contributed by atoms with Gasteiger partial charge in [-0.3, -0.25) is 4.99 Å². The number of nitrogens with one attached hydrogen (secondary N) is 2. The van der Waals surface area contributed by atoms with Crippen molar-refractivity contribution in [2.45, 2.75) is 39.9 Å². The average Bonchev–Trinajstić information content (AvgIpc) is 2.58. The molecule has 0 aliphatic heterocycles. The van der Waals surface area contributed by atoms with Gasteiger partial charge in [0.05, 0.1) is 19.3 Å². The Morgan fingerprint density at radius 1 is 1.12 bits per heavy atom. The highest BCUT2D eigenvalue weighted by Crippen LogP contribution is 2.02. The summed E-state index contributed by atoms with van der Waals surface area (Å²) in [6.07, 6.45) is 1.26. The molecule has 0 saturated heterocycles. The van der Waals surface area contributed by atoms with Gasteiger partial charge in [0.1, 0.15) is 0 Å². The Balaban J connectivity index is 0.00000576. The van der Waals surface area contributed by atoms with E-state index < -0.39 is 0 Å². The Labute approximate surface area is 170 Å². The van der Waals surface area contributed by atoms with Crippen molar-refractivity contribution in [1.82, 2.24) is 10.6 Å². The summed E-state index contributed by atoms with van der Waals surface area (Å²) in [5.41, 5.74) is 1.21. The molecule has 0 bridgehead atoms. The van der Waals surface area contributed by atoms with Crippen LogP contribution in [0.25, 0.3) is 0 Å². The molecule has 144 valence electrons. The fourth-order valence-electron chi connectivity index (χ4n) is 2.10. The number of hydrogen-bond donors (Lipinski definition) is 2. The largest absolute Gasteiger partial charge is 0.379 e. The van der Waals surface area contributed by atoms with Gasteiger partial charge in [-0.1, -0.05) is 37.3 Å². The summed E-state index contributed by atoms with van der Waals surface area (Å²) in [5, 5.41) is 6.63. The third-order valence-electron chi connectivity index (χ3n) is 3.42. The van der Waals surface area contributed by atoms with Gasteiger partial charge in [0.25, 0.3) is 0 Å². The van der Waals surface area contributed by atoms with Gasteiger partial charge in [0.15, 0.2) is 5.96 Å². The van der Waals surface area contributed by atoms with E-state index in [4.69, 9.17) is 9.47 Å². The van der Waals surface area contributed by atoms with Crippen LogP contribution in [-0.4, -0.2) is 45.4 Å². The zero-order valence-corrected chi connectivity index (χ0v) is 18.3. The lowest BCUT2D eigenvalue weighted by atomic mass is 10.2. The second-order valence-corrected chi connectivity index (χ2v) is 6.26. The van der Waals surface area contributed by atoms with Crippen LogP contribution >= 0.6 is 24.0 Å². The molecule has 0 amide bonds. The van der Waals surface area contributed by atoms with Crippen molar-refractivity contribution in [1.29, 1.82) is 0 Å². The van der Waals surface area contributed by atoms with E-state index in [1.807, 2.05) is 18.2 Å². The number of rotatable bonds is 11. The first-order chi connectivity index (χ1) is 11.6. The summed E-state index contributed by atoms with van der Waals surface area (Å²) in [6, 6.07) is 10.2. The number of nitrogens with zero attached hydrogens (tertiary/aromatic N) is 1. The molecule has 0 spiro atoms. The second-order valence-electron chi connectivity index (χ2n) is 6.26. The van der Waals surface area contributed by atoms with E-state index in [2.05, 4.69) is 48.5 Å². The quantitative estimate of drug-likeness (QED) is 0.229. The standard InChI is InChI=1S/C19H33N3O2.HI/c1-16(2)24-12-8-11-21-19(20-4)22-13-17(3)14-23-15-18-9-6-5-7-10-18;/h5-7,9-10,16-17H,8,11-15H2,1-4H3,(H2,20,21,22);1H. The fraction of sp³-hybridized carbons (Fsp3) is 0.632. The number of ether oxygens (including phenoxy) is 2. The Morgan fingerprint density at radius 2 is 1.84 bits per heavy atom. The topological polar surface area (TPSA) is 54.9 Å². The van der Waals surface area contributed by atoms with Gasteiger partial charge in [-0.05, 0) is 31.7 Å². The van der Waals surface area contributed by atoms with Gasteiger partial charge in [0, 0.05) is 26.7 Å². The third-order valence-corrected chi connectivity index (χ3v) is 3.42. The van der Waals surface area contributed by atoms with Crippen LogP contribution in [0.15, 0.2) is 35.3 Å². The molecule has 5 nitrogen and oxygen atoms in total. The van der Waals surface area contributed by atoms with E-state index in [9.17, 15) is 0 Å². The van der Waals surface area contributed by atoms with Gasteiger partial charge in [-0.15, -0.1) is 24.0 Å². The summed E-state index contributed by atoms with van der Waals surface area (Å²) >= 11 is 0. The fourth-order valence-corrected chi connectivity index (χ4v) is 2.10. The Morgan fingerprint density at radius 3 is 2.48 bits per heavy atom.